The summed E-state index contributed by atoms with van der Waals surface area (Å²) in [6.07, 6.45) is 2.12. The van der Waals surface area contributed by atoms with Gasteiger partial charge < -0.3 is 19.6 Å². The van der Waals surface area contributed by atoms with E-state index in [0.29, 0.717) is 35.7 Å². The Morgan fingerprint density at radius 3 is 2.31 bits per heavy atom. The largest absolute Gasteiger partial charge is 0.381 e. The zero-order valence-electron chi connectivity index (χ0n) is 14.5. The van der Waals surface area contributed by atoms with E-state index in [9.17, 15) is 14.4 Å². The molecule has 1 aromatic heterocycles. The quantitative estimate of drug-likeness (QED) is 0.745. The number of carbonyl (C=O) groups is 1. The lowest BCUT2D eigenvalue weighted by molar-refractivity contribution is 0.0137. The van der Waals surface area contributed by atoms with Crippen LogP contribution in [0.15, 0.2) is 27.8 Å². The number of nitrogens with one attached hydrogen (secondary N) is 2. The zero-order valence-corrected chi connectivity index (χ0v) is 14.5. The van der Waals surface area contributed by atoms with Crippen molar-refractivity contribution in [3.8, 4) is 0 Å². The van der Waals surface area contributed by atoms with Crippen LogP contribution in [-0.4, -0.2) is 71.1 Å². The first-order chi connectivity index (χ1) is 12.6. The maximum absolute atomic E-state index is 12.8. The maximum Gasteiger partial charge on any atom is 0.314 e. The molecule has 138 valence electrons. The number of ether oxygens (including phenoxy) is 1. The van der Waals surface area contributed by atoms with E-state index < -0.39 is 11.1 Å². The second-order valence-electron chi connectivity index (χ2n) is 6.84. The van der Waals surface area contributed by atoms with Gasteiger partial charge >= 0.3 is 11.1 Å². The predicted molar refractivity (Wildman–Crippen MR) is 96.5 cm³/mol. The fourth-order valence-corrected chi connectivity index (χ4v) is 3.77. The van der Waals surface area contributed by atoms with E-state index in [-0.39, 0.29) is 5.91 Å². The van der Waals surface area contributed by atoms with Crippen LogP contribution in [0.5, 0.6) is 0 Å². The molecule has 0 radical (unpaired) electrons. The number of H-pyrrole nitrogens is 2. The van der Waals surface area contributed by atoms with Crippen LogP contribution >= 0.6 is 0 Å². The molecule has 1 aromatic carbocycles. The van der Waals surface area contributed by atoms with E-state index in [1.54, 1.807) is 18.2 Å². The Balaban J connectivity index is 1.46. The summed E-state index contributed by atoms with van der Waals surface area (Å²) < 4.78 is 5.42. The average Bonchev–Trinajstić information content (AvgIpc) is 2.69. The van der Waals surface area contributed by atoms with Crippen molar-refractivity contribution in [1.82, 2.24) is 19.8 Å². The third kappa shape index (κ3) is 3.30. The summed E-state index contributed by atoms with van der Waals surface area (Å²) in [6, 6.07) is 5.52. The first-order valence-electron chi connectivity index (χ1n) is 8.99. The fourth-order valence-electron chi connectivity index (χ4n) is 3.77. The number of aromatic amines is 2. The Hall–Kier alpha value is -2.45. The van der Waals surface area contributed by atoms with Gasteiger partial charge in [0.25, 0.3) is 5.91 Å². The molecule has 2 aromatic rings. The van der Waals surface area contributed by atoms with Crippen molar-refractivity contribution >= 4 is 16.9 Å². The molecule has 2 aliphatic rings. The maximum atomic E-state index is 12.8. The highest BCUT2D eigenvalue weighted by Gasteiger charge is 2.27. The Labute approximate surface area is 149 Å². The number of piperazine rings is 1. The molecule has 0 unspecified atom stereocenters. The van der Waals surface area contributed by atoms with Crippen LogP contribution in [0.1, 0.15) is 23.2 Å². The summed E-state index contributed by atoms with van der Waals surface area (Å²) in [7, 11) is 0. The van der Waals surface area contributed by atoms with Gasteiger partial charge in [-0.25, -0.2) is 0 Å². The standard InChI is InChI=1S/C18H22N4O4/c23-16-17(24)20-15-11-12(1-2-14(15)19-16)18(25)22-7-5-21(6-8-22)13-3-9-26-10-4-13/h1-2,11,13H,3-10H2,(H,19,23)(H,20,24). The van der Waals surface area contributed by atoms with Gasteiger partial charge in [-0.3, -0.25) is 19.3 Å². The van der Waals surface area contributed by atoms with Crippen molar-refractivity contribution in [2.75, 3.05) is 39.4 Å². The minimum absolute atomic E-state index is 0.0504. The summed E-state index contributed by atoms with van der Waals surface area (Å²) >= 11 is 0. The molecule has 2 N–H and O–H groups in total. The molecule has 0 atom stereocenters. The summed E-state index contributed by atoms with van der Waals surface area (Å²) in [5.74, 6) is -0.0504. The van der Waals surface area contributed by atoms with Crippen LogP contribution < -0.4 is 11.1 Å². The number of hydrogen-bond donors (Lipinski definition) is 2. The lowest BCUT2D eigenvalue weighted by atomic mass is 10.1. The van der Waals surface area contributed by atoms with E-state index >= 15 is 0 Å². The number of nitrogens with zero attached hydrogens (tertiary/aromatic N) is 2. The average molecular weight is 358 g/mol. The predicted octanol–water partition coefficient (Wildman–Crippen LogP) is 0.153. The van der Waals surface area contributed by atoms with Crippen molar-refractivity contribution in [3.63, 3.8) is 0 Å². The van der Waals surface area contributed by atoms with Gasteiger partial charge in [-0.1, -0.05) is 0 Å². The van der Waals surface area contributed by atoms with Crippen LogP contribution in [-0.2, 0) is 4.74 Å². The van der Waals surface area contributed by atoms with Gasteiger partial charge in [-0.05, 0) is 31.0 Å². The number of carbonyl (C=O) groups excluding carboxylic acids is 1. The number of benzene rings is 1. The minimum Gasteiger partial charge on any atom is -0.381 e. The second-order valence-corrected chi connectivity index (χ2v) is 6.84. The molecule has 8 heteroatoms. The Morgan fingerprint density at radius 1 is 0.962 bits per heavy atom. The van der Waals surface area contributed by atoms with Crippen molar-refractivity contribution < 1.29 is 9.53 Å². The van der Waals surface area contributed by atoms with E-state index in [1.807, 2.05) is 4.90 Å². The molecule has 2 saturated heterocycles. The zero-order chi connectivity index (χ0) is 18.1. The van der Waals surface area contributed by atoms with E-state index in [0.717, 1.165) is 39.1 Å². The van der Waals surface area contributed by atoms with Gasteiger partial charge in [-0.2, -0.15) is 0 Å². The Morgan fingerprint density at radius 2 is 1.62 bits per heavy atom. The Kier molecular flexibility index (Phi) is 4.60. The fraction of sp³-hybridized carbons (Fsp3) is 0.500. The molecular weight excluding hydrogens is 336 g/mol. The van der Waals surface area contributed by atoms with Crippen molar-refractivity contribution in [1.29, 1.82) is 0 Å². The minimum atomic E-state index is -0.716. The van der Waals surface area contributed by atoms with Crippen LogP contribution in [0.4, 0.5) is 0 Å². The molecule has 0 aliphatic carbocycles. The van der Waals surface area contributed by atoms with Gasteiger partial charge in [0.1, 0.15) is 0 Å². The summed E-state index contributed by atoms with van der Waals surface area (Å²) in [5, 5.41) is 0. The van der Waals surface area contributed by atoms with Gasteiger partial charge in [0.05, 0.1) is 11.0 Å². The molecule has 2 aliphatic heterocycles. The van der Waals surface area contributed by atoms with Gasteiger partial charge in [0.2, 0.25) is 0 Å². The molecule has 0 spiro atoms. The van der Waals surface area contributed by atoms with Gasteiger partial charge in [0, 0.05) is 51.0 Å². The lowest BCUT2D eigenvalue weighted by Gasteiger charge is -2.40. The molecule has 1 amide bonds. The van der Waals surface area contributed by atoms with Crippen LogP contribution in [0.25, 0.3) is 11.0 Å². The topological polar surface area (TPSA) is 98.5 Å². The molecule has 4 rings (SSSR count). The molecule has 0 saturated carbocycles. The third-order valence-corrected chi connectivity index (χ3v) is 5.28. The molecule has 8 nitrogen and oxygen atoms in total. The Bertz CT molecular complexity index is 921. The number of aromatic nitrogens is 2. The van der Waals surface area contributed by atoms with Crippen LogP contribution in [0.3, 0.4) is 0 Å². The number of fused-ring (bicyclic) bond motifs is 1. The smallest absolute Gasteiger partial charge is 0.314 e. The van der Waals surface area contributed by atoms with Crippen molar-refractivity contribution in [2.24, 2.45) is 0 Å². The lowest BCUT2D eigenvalue weighted by Crippen LogP contribution is -2.53. The third-order valence-electron chi connectivity index (χ3n) is 5.28. The van der Waals surface area contributed by atoms with E-state index in [2.05, 4.69) is 14.9 Å². The molecule has 0 bridgehead atoms. The molecule has 2 fully saturated rings. The summed E-state index contributed by atoms with van der Waals surface area (Å²) in [4.78, 5) is 45.0. The summed E-state index contributed by atoms with van der Waals surface area (Å²) in [5.41, 5.74) is 0.0736. The molecular formula is C18H22N4O4. The summed E-state index contributed by atoms with van der Waals surface area (Å²) in [6.45, 7) is 4.76. The number of rotatable bonds is 2. The first-order valence-corrected chi connectivity index (χ1v) is 8.99. The van der Waals surface area contributed by atoms with Crippen LogP contribution in [0.2, 0.25) is 0 Å². The van der Waals surface area contributed by atoms with Crippen LogP contribution in [0, 0.1) is 0 Å². The first kappa shape index (κ1) is 17.0. The monoisotopic (exact) mass is 358 g/mol. The number of hydrogen-bond acceptors (Lipinski definition) is 5. The van der Waals surface area contributed by atoms with E-state index in [4.69, 9.17) is 4.74 Å². The van der Waals surface area contributed by atoms with Crippen molar-refractivity contribution in [3.05, 3.63) is 44.5 Å². The van der Waals surface area contributed by atoms with Gasteiger partial charge in [0.15, 0.2) is 0 Å². The molecule has 3 heterocycles. The highest BCUT2D eigenvalue weighted by molar-refractivity contribution is 5.97. The number of amides is 1. The van der Waals surface area contributed by atoms with Crippen molar-refractivity contribution in [2.45, 2.75) is 18.9 Å². The highest BCUT2D eigenvalue weighted by Crippen LogP contribution is 2.18. The SMILES string of the molecule is O=C(c1ccc2[nH]c(=O)c(=O)[nH]c2c1)N1CCN(C2CCOCC2)CC1. The van der Waals surface area contributed by atoms with Gasteiger partial charge in [-0.15, -0.1) is 0 Å². The normalized spacial score (nSPS) is 19.8. The van der Waals surface area contributed by atoms with E-state index in [1.165, 1.54) is 0 Å². The highest BCUT2D eigenvalue weighted by atomic mass is 16.5. The second kappa shape index (κ2) is 7.05. The molecule has 26 heavy (non-hydrogen) atoms.